The standard InChI is InChI=1S/C34H44ClN3O5S/c1-4-6-7-17-44(36,41)37-33(40)25-11-15-32-30(19-25)38(20-26-10-13-28(26)31(5-2)43-23(3)39)21-34(22-42-32)16-8-9-24-18-27(35)12-14-29(24)34/h4-5,11-12,14-15,18-19,26,28,31,44H,1-2,6-10,13,16-17,20-22H2,3H3,(H3,36,37,40,41)/t26-,28+,31-,34-/m0/s1. The molecule has 1 aliphatic heterocycles. The molecule has 4 atom stereocenters. The molecular weight excluding hydrogens is 598 g/mol. The van der Waals surface area contributed by atoms with E-state index in [4.69, 9.17) is 26.2 Å². The number of aryl methyl sites for hydroxylation is 1. The van der Waals surface area contributed by atoms with Gasteiger partial charge in [-0.2, -0.15) is 0 Å². The number of unbranched alkanes of at least 4 members (excludes halogenated alkanes) is 1. The highest BCUT2D eigenvalue weighted by atomic mass is 35.5. The van der Waals surface area contributed by atoms with E-state index in [0.717, 1.165) is 42.8 Å². The normalized spacial score (nSPS) is 23.6. The van der Waals surface area contributed by atoms with Crippen molar-refractivity contribution in [2.45, 2.75) is 63.4 Å². The average Bonchev–Trinajstić information content (AvgIpc) is 3.11. The summed E-state index contributed by atoms with van der Waals surface area (Å²) in [4.78, 5) is 27.5. The molecule has 1 heterocycles. The summed E-state index contributed by atoms with van der Waals surface area (Å²) >= 11 is 6.40. The summed E-state index contributed by atoms with van der Waals surface area (Å²) in [5, 5.41) is 6.75. The topological polar surface area (TPSA) is 111 Å². The number of nitrogens with two attached hydrogens (primary N) is 1. The van der Waals surface area contributed by atoms with E-state index >= 15 is 0 Å². The van der Waals surface area contributed by atoms with Crippen LogP contribution in [-0.4, -0.2) is 47.6 Å². The molecule has 1 fully saturated rings. The molecule has 2 aliphatic carbocycles. The number of ether oxygens (including phenoxy) is 2. The van der Waals surface area contributed by atoms with Crippen LogP contribution >= 0.6 is 11.6 Å². The number of allylic oxidation sites excluding steroid dienone is 1. The van der Waals surface area contributed by atoms with Gasteiger partial charge in [-0.25, -0.2) is 0 Å². The minimum absolute atomic E-state index is 0.155. The van der Waals surface area contributed by atoms with Crippen LogP contribution in [0.1, 0.15) is 66.9 Å². The van der Waals surface area contributed by atoms with Gasteiger partial charge in [-0.05, 0) is 92.3 Å². The number of thiol groups is 1. The number of halogens is 1. The molecule has 0 aromatic heterocycles. The molecule has 1 saturated carbocycles. The number of hydrogen-bond donors (Lipinski definition) is 3. The molecule has 1 spiro atoms. The quantitative estimate of drug-likeness (QED) is 0.130. The fraction of sp³-hybridized carbons (Fsp3) is 0.471. The molecule has 0 radical (unpaired) electrons. The van der Waals surface area contributed by atoms with Gasteiger partial charge < -0.3 is 14.4 Å². The zero-order chi connectivity index (χ0) is 31.5. The van der Waals surface area contributed by atoms with Gasteiger partial charge in [0.25, 0.3) is 5.91 Å². The Morgan fingerprint density at radius 2 is 2.09 bits per heavy atom. The van der Waals surface area contributed by atoms with E-state index in [1.54, 1.807) is 18.2 Å². The fourth-order valence-electron chi connectivity index (χ4n) is 7.06. The summed E-state index contributed by atoms with van der Waals surface area (Å²) in [5.74, 6) is 0.507. The second-order valence-electron chi connectivity index (χ2n) is 12.5. The van der Waals surface area contributed by atoms with E-state index < -0.39 is 16.2 Å². The molecule has 1 amide bonds. The third-order valence-corrected chi connectivity index (χ3v) is 11.2. The van der Waals surface area contributed by atoms with Crippen LogP contribution in [0.3, 0.4) is 0 Å². The lowest BCUT2D eigenvalue weighted by Crippen LogP contribution is -2.49. The molecule has 10 heteroatoms. The second-order valence-corrected chi connectivity index (χ2v) is 15.2. The Bertz CT molecular complexity index is 1480. The first-order valence-electron chi connectivity index (χ1n) is 15.5. The van der Waals surface area contributed by atoms with Crippen LogP contribution in [0, 0.1) is 11.8 Å². The average molecular weight is 642 g/mol. The van der Waals surface area contributed by atoms with Crippen molar-refractivity contribution in [3.8, 4) is 5.75 Å². The molecule has 0 saturated heterocycles. The van der Waals surface area contributed by atoms with Crippen molar-refractivity contribution >= 4 is 39.5 Å². The van der Waals surface area contributed by atoms with Crippen molar-refractivity contribution in [2.75, 3.05) is 30.3 Å². The monoisotopic (exact) mass is 641 g/mol. The van der Waals surface area contributed by atoms with Gasteiger partial charge in [0, 0.05) is 58.0 Å². The molecule has 2 aromatic rings. The lowest BCUT2D eigenvalue weighted by Gasteiger charge is -2.45. The van der Waals surface area contributed by atoms with E-state index in [9.17, 15) is 13.8 Å². The largest absolute Gasteiger partial charge is 0.490 e. The van der Waals surface area contributed by atoms with Crippen molar-refractivity contribution in [2.24, 2.45) is 17.0 Å². The number of rotatable bonds is 11. The van der Waals surface area contributed by atoms with Crippen LogP contribution in [0.15, 0.2) is 61.7 Å². The van der Waals surface area contributed by atoms with Crippen LogP contribution in [0.4, 0.5) is 5.69 Å². The lowest BCUT2D eigenvalue weighted by molar-refractivity contribution is -0.149. The summed E-state index contributed by atoms with van der Waals surface area (Å²) in [6.07, 6.45) is 9.24. The zero-order valence-electron chi connectivity index (χ0n) is 25.4. The number of hydrogen-bond acceptors (Lipinski definition) is 6. The van der Waals surface area contributed by atoms with Gasteiger partial charge >= 0.3 is 5.97 Å². The van der Waals surface area contributed by atoms with Crippen LogP contribution < -0.4 is 19.5 Å². The maximum Gasteiger partial charge on any atom is 0.303 e. The predicted molar refractivity (Wildman–Crippen MR) is 178 cm³/mol. The molecule has 0 bridgehead atoms. The van der Waals surface area contributed by atoms with Gasteiger partial charge in [-0.3, -0.25) is 23.7 Å². The minimum atomic E-state index is -3.37. The number of carbonyl (C=O) groups excluding carboxylic acids is 2. The first kappa shape index (κ1) is 32.3. The number of amides is 1. The summed E-state index contributed by atoms with van der Waals surface area (Å²) < 4.78 is 27.7. The lowest BCUT2D eigenvalue weighted by atomic mass is 9.68. The SMILES string of the molecule is C=CCCC[SH](N)(=O)NC(=O)c1ccc2c(c1)N(C[C@@H]1CC[C@H]1[C@H](C=C)OC(C)=O)C[C@@]1(CCCc3cc(Cl)ccc31)CO2. The van der Waals surface area contributed by atoms with Gasteiger partial charge in [-0.1, -0.05) is 36.4 Å². The number of fused-ring (bicyclic) bond motifs is 3. The Morgan fingerprint density at radius 1 is 1.27 bits per heavy atom. The van der Waals surface area contributed by atoms with E-state index in [0.29, 0.717) is 43.9 Å². The van der Waals surface area contributed by atoms with Crippen molar-refractivity contribution < 1.29 is 23.3 Å². The molecule has 44 heavy (non-hydrogen) atoms. The Kier molecular flexibility index (Phi) is 9.87. The molecule has 238 valence electrons. The molecule has 8 nitrogen and oxygen atoms in total. The second kappa shape index (κ2) is 13.5. The Hall–Kier alpha value is -3.14. The van der Waals surface area contributed by atoms with Gasteiger partial charge in [0.2, 0.25) is 0 Å². The maximum atomic E-state index is 13.3. The highest BCUT2D eigenvalue weighted by Gasteiger charge is 2.44. The molecular formula is C34H44ClN3O5S. The zero-order valence-corrected chi connectivity index (χ0v) is 27.1. The molecule has 0 unspecified atom stereocenters. The van der Waals surface area contributed by atoms with Crippen LogP contribution in [0.5, 0.6) is 5.75 Å². The molecule has 5 rings (SSSR count). The van der Waals surface area contributed by atoms with E-state index in [-0.39, 0.29) is 35.1 Å². The smallest absolute Gasteiger partial charge is 0.303 e. The third kappa shape index (κ3) is 7.05. The highest BCUT2D eigenvalue weighted by molar-refractivity contribution is 7.99. The number of carbonyl (C=O) groups is 2. The number of esters is 1. The summed E-state index contributed by atoms with van der Waals surface area (Å²) in [7, 11) is -3.37. The summed E-state index contributed by atoms with van der Waals surface area (Å²) in [6.45, 7) is 10.9. The van der Waals surface area contributed by atoms with Crippen molar-refractivity contribution in [1.82, 2.24) is 4.72 Å². The fourth-order valence-corrected chi connectivity index (χ4v) is 8.49. The Labute approximate surface area is 266 Å². The van der Waals surface area contributed by atoms with E-state index in [1.165, 1.54) is 18.1 Å². The first-order chi connectivity index (χ1) is 21.0. The van der Waals surface area contributed by atoms with E-state index in [1.807, 2.05) is 18.2 Å². The van der Waals surface area contributed by atoms with Crippen molar-refractivity contribution in [1.29, 1.82) is 0 Å². The number of anilines is 1. The van der Waals surface area contributed by atoms with Crippen LogP contribution in [0.2, 0.25) is 5.02 Å². The maximum absolute atomic E-state index is 13.3. The molecule has 2 aromatic carbocycles. The molecule has 3 N–H and O–H groups in total. The Balaban J connectivity index is 1.48. The Morgan fingerprint density at radius 3 is 2.80 bits per heavy atom. The number of nitrogens with zero attached hydrogens (tertiary/aromatic N) is 1. The van der Waals surface area contributed by atoms with Gasteiger partial charge in [0.05, 0.1) is 12.3 Å². The van der Waals surface area contributed by atoms with Gasteiger partial charge in [0.1, 0.15) is 11.9 Å². The number of nitrogens with one attached hydrogen (secondary N) is 1. The number of benzene rings is 2. The third-order valence-electron chi connectivity index (χ3n) is 9.38. The predicted octanol–water partition coefficient (Wildman–Crippen LogP) is 5.46. The van der Waals surface area contributed by atoms with E-state index in [2.05, 4.69) is 34.9 Å². The summed E-state index contributed by atoms with van der Waals surface area (Å²) in [5.41, 5.74) is 3.40. The van der Waals surface area contributed by atoms with Crippen LogP contribution in [-0.2, 0) is 31.7 Å². The minimum Gasteiger partial charge on any atom is -0.490 e. The van der Waals surface area contributed by atoms with Crippen LogP contribution in [0.25, 0.3) is 0 Å². The molecule has 3 aliphatic rings. The summed E-state index contributed by atoms with van der Waals surface area (Å²) in [6, 6.07) is 11.5. The van der Waals surface area contributed by atoms with Gasteiger partial charge in [-0.15, -0.1) is 6.58 Å². The van der Waals surface area contributed by atoms with Crippen molar-refractivity contribution in [3.63, 3.8) is 0 Å². The highest BCUT2D eigenvalue weighted by Crippen LogP contribution is 2.47. The van der Waals surface area contributed by atoms with Crippen molar-refractivity contribution in [3.05, 3.63) is 83.4 Å². The first-order valence-corrected chi connectivity index (χ1v) is 17.8. The van der Waals surface area contributed by atoms with Gasteiger partial charge in [0.15, 0.2) is 0 Å².